The molecule has 0 radical (unpaired) electrons. The second kappa shape index (κ2) is 4.75. The number of aryl methyl sites for hydroxylation is 1. The van der Waals surface area contributed by atoms with Crippen LogP contribution < -0.4 is 4.72 Å². The third-order valence-electron chi connectivity index (χ3n) is 2.01. The van der Waals surface area contributed by atoms with Crippen molar-refractivity contribution in [3.8, 4) is 0 Å². The predicted octanol–water partition coefficient (Wildman–Crippen LogP) is 2.22. The fourth-order valence-electron chi connectivity index (χ4n) is 1.30. The summed E-state index contributed by atoms with van der Waals surface area (Å²) in [6.07, 6.45) is 0. The maximum atomic E-state index is 12.1. The molecular weight excluding hydrogens is 299 g/mol. The molecule has 0 atom stereocenters. The number of hydrogen-bond donors (Lipinski definition) is 2. The number of aromatic amines is 1. The highest BCUT2D eigenvalue weighted by Crippen LogP contribution is 2.29. The van der Waals surface area contributed by atoms with E-state index < -0.39 is 10.0 Å². The van der Waals surface area contributed by atoms with Crippen LogP contribution >= 0.6 is 23.2 Å². The van der Waals surface area contributed by atoms with E-state index in [9.17, 15) is 8.42 Å². The Hall–Kier alpha value is -1.31. The first-order valence-corrected chi connectivity index (χ1v) is 7.00. The van der Waals surface area contributed by atoms with E-state index in [2.05, 4.69) is 19.9 Å². The molecule has 0 bridgehead atoms. The normalized spacial score (nSPS) is 11.5. The number of halogens is 2. The molecule has 0 fully saturated rings. The maximum absolute atomic E-state index is 12.1. The van der Waals surface area contributed by atoms with Crippen LogP contribution in [0.2, 0.25) is 10.0 Å². The van der Waals surface area contributed by atoms with E-state index in [4.69, 9.17) is 23.2 Å². The zero-order valence-corrected chi connectivity index (χ0v) is 11.4. The van der Waals surface area contributed by atoms with Crippen LogP contribution in [0.4, 0.5) is 5.95 Å². The fourth-order valence-corrected chi connectivity index (χ4v) is 3.39. The molecular formula is C9H8Cl2N4O2S. The van der Waals surface area contributed by atoms with E-state index >= 15 is 0 Å². The highest BCUT2D eigenvalue weighted by molar-refractivity contribution is 7.93. The first-order valence-electron chi connectivity index (χ1n) is 4.76. The van der Waals surface area contributed by atoms with Crippen LogP contribution in [0, 0.1) is 6.92 Å². The van der Waals surface area contributed by atoms with E-state index in [0.29, 0.717) is 5.82 Å². The lowest BCUT2D eigenvalue weighted by atomic mass is 10.4. The lowest BCUT2D eigenvalue weighted by Gasteiger charge is -2.07. The van der Waals surface area contributed by atoms with Gasteiger partial charge in [-0.25, -0.2) is 13.1 Å². The van der Waals surface area contributed by atoms with Crippen LogP contribution in [0.1, 0.15) is 5.82 Å². The highest BCUT2D eigenvalue weighted by Gasteiger charge is 2.22. The van der Waals surface area contributed by atoms with Gasteiger partial charge in [-0.15, -0.1) is 5.10 Å². The third kappa shape index (κ3) is 2.58. The second-order valence-corrected chi connectivity index (χ2v) is 5.83. The monoisotopic (exact) mass is 306 g/mol. The number of benzene rings is 1. The van der Waals surface area contributed by atoms with Crippen molar-refractivity contribution in [1.82, 2.24) is 15.2 Å². The molecule has 2 N–H and O–H groups in total. The number of nitrogens with one attached hydrogen (secondary N) is 2. The Morgan fingerprint density at radius 3 is 2.39 bits per heavy atom. The topological polar surface area (TPSA) is 87.7 Å². The van der Waals surface area contributed by atoms with Crippen molar-refractivity contribution < 1.29 is 8.42 Å². The van der Waals surface area contributed by atoms with Crippen molar-refractivity contribution in [2.24, 2.45) is 0 Å². The lowest BCUT2D eigenvalue weighted by Crippen LogP contribution is -2.15. The van der Waals surface area contributed by atoms with Crippen molar-refractivity contribution in [2.75, 3.05) is 4.72 Å². The molecule has 0 aliphatic rings. The zero-order valence-electron chi connectivity index (χ0n) is 9.11. The van der Waals surface area contributed by atoms with Crippen LogP contribution in [-0.2, 0) is 10.0 Å². The van der Waals surface area contributed by atoms with Crippen LogP contribution in [-0.4, -0.2) is 23.6 Å². The van der Waals surface area contributed by atoms with Gasteiger partial charge in [-0.1, -0.05) is 29.3 Å². The second-order valence-electron chi connectivity index (χ2n) is 3.40. The van der Waals surface area contributed by atoms with E-state index in [1.165, 1.54) is 12.1 Å². The van der Waals surface area contributed by atoms with Gasteiger partial charge in [-0.3, -0.25) is 5.10 Å². The number of nitrogens with zero attached hydrogens (tertiary/aromatic N) is 2. The molecule has 0 aliphatic heterocycles. The number of sulfonamides is 1. The van der Waals surface area contributed by atoms with E-state index in [1.807, 2.05) is 0 Å². The molecule has 1 heterocycles. The summed E-state index contributed by atoms with van der Waals surface area (Å²) in [4.78, 5) is 3.64. The number of aromatic nitrogens is 3. The summed E-state index contributed by atoms with van der Waals surface area (Å²) in [6.45, 7) is 1.65. The predicted molar refractivity (Wildman–Crippen MR) is 68.4 cm³/mol. The minimum atomic E-state index is -3.92. The molecule has 0 spiro atoms. The van der Waals surface area contributed by atoms with E-state index in [1.54, 1.807) is 13.0 Å². The molecule has 9 heteroatoms. The van der Waals surface area contributed by atoms with Gasteiger partial charge in [0.25, 0.3) is 16.0 Å². The quantitative estimate of drug-likeness (QED) is 0.910. The Balaban J connectivity index is 2.43. The van der Waals surface area contributed by atoms with Crippen molar-refractivity contribution in [1.29, 1.82) is 0 Å². The first-order chi connectivity index (χ1) is 8.40. The Morgan fingerprint density at radius 2 is 1.89 bits per heavy atom. The number of hydrogen-bond acceptors (Lipinski definition) is 4. The molecule has 6 nitrogen and oxygen atoms in total. The summed E-state index contributed by atoms with van der Waals surface area (Å²) < 4.78 is 26.3. The number of rotatable bonds is 3. The highest BCUT2D eigenvalue weighted by atomic mass is 35.5. The van der Waals surface area contributed by atoms with Gasteiger partial charge in [-0.05, 0) is 19.1 Å². The van der Waals surface area contributed by atoms with Gasteiger partial charge < -0.3 is 0 Å². The molecule has 1 aromatic heterocycles. The third-order valence-corrected chi connectivity index (χ3v) is 4.29. The molecule has 96 valence electrons. The largest absolute Gasteiger partial charge is 0.267 e. The molecule has 2 rings (SSSR count). The van der Waals surface area contributed by atoms with Gasteiger partial charge >= 0.3 is 0 Å². The summed E-state index contributed by atoms with van der Waals surface area (Å²) in [6, 6.07) is 4.43. The minimum absolute atomic E-state index is 0.0299. The van der Waals surface area contributed by atoms with Gasteiger partial charge in [0.1, 0.15) is 10.7 Å². The summed E-state index contributed by atoms with van der Waals surface area (Å²) in [5, 5.41) is 6.25. The van der Waals surface area contributed by atoms with Gasteiger partial charge in [0.05, 0.1) is 10.0 Å². The zero-order chi connectivity index (χ0) is 13.3. The van der Waals surface area contributed by atoms with Crippen LogP contribution in [0.3, 0.4) is 0 Å². The van der Waals surface area contributed by atoms with E-state index in [-0.39, 0.29) is 20.9 Å². The average molecular weight is 307 g/mol. The Labute approximate surface area is 113 Å². The van der Waals surface area contributed by atoms with Gasteiger partial charge in [0.2, 0.25) is 0 Å². The summed E-state index contributed by atoms with van der Waals surface area (Å²) >= 11 is 11.7. The van der Waals surface area contributed by atoms with Gasteiger partial charge in [0.15, 0.2) is 0 Å². The molecule has 0 aliphatic carbocycles. The molecule has 0 saturated heterocycles. The summed E-state index contributed by atoms with van der Waals surface area (Å²) in [5.74, 6) is 0.418. The van der Waals surface area contributed by atoms with Crippen LogP contribution in [0.5, 0.6) is 0 Å². The Morgan fingerprint density at radius 1 is 1.28 bits per heavy atom. The van der Waals surface area contributed by atoms with Gasteiger partial charge in [-0.2, -0.15) is 4.98 Å². The molecule has 2 aromatic rings. The maximum Gasteiger partial charge on any atom is 0.267 e. The van der Waals surface area contributed by atoms with Crippen molar-refractivity contribution in [3.05, 3.63) is 34.1 Å². The van der Waals surface area contributed by atoms with Crippen LogP contribution in [0.15, 0.2) is 23.1 Å². The fraction of sp³-hybridized carbons (Fsp3) is 0.111. The minimum Gasteiger partial charge on any atom is -0.261 e. The van der Waals surface area contributed by atoms with E-state index in [0.717, 1.165) is 0 Å². The summed E-state index contributed by atoms with van der Waals surface area (Å²) in [5.41, 5.74) is 0. The SMILES string of the molecule is Cc1nc(NS(=O)(=O)c2c(Cl)cccc2Cl)n[nH]1. The molecule has 1 aromatic carbocycles. The Bertz CT molecular complexity index is 663. The smallest absolute Gasteiger partial charge is 0.261 e. The summed E-state index contributed by atoms with van der Waals surface area (Å²) in [7, 11) is -3.92. The molecule has 0 amide bonds. The standard InChI is InChI=1S/C9H8Cl2N4O2S/c1-5-12-9(14-13-5)15-18(16,17)8-6(10)3-2-4-7(8)11/h2-4H,1H3,(H2,12,13,14,15). The lowest BCUT2D eigenvalue weighted by molar-refractivity contribution is 0.601. The molecule has 18 heavy (non-hydrogen) atoms. The van der Waals surface area contributed by atoms with Crippen molar-refractivity contribution in [2.45, 2.75) is 11.8 Å². The van der Waals surface area contributed by atoms with Crippen molar-refractivity contribution >= 4 is 39.2 Å². The number of anilines is 1. The first kappa shape index (κ1) is 13.1. The molecule has 0 unspecified atom stereocenters. The Kier molecular flexibility index (Phi) is 3.47. The van der Waals surface area contributed by atoms with Crippen molar-refractivity contribution in [3.63, 3.8) is 0 Å². The van der Waals surface area contributed by atoms with Crippen LogP contribution in [0.25, 0.3) is 0 Å². The average Bonchev–Trinajstić information content (AvgIpc) is 2.62. The molecule has 0 saturated carbocycles. The number of H-pyrrole nitrogens is 1. The van der Waals surface area contributed by atoms with Gasteiger partial charge in [0, 0.05) is 0 Å².